The van der Waals surface area contributed by atoms with Crippen molar-refractivity contribution in [3.05, 3.63) is 69.0 Å². The number of halogens is 2. The van der Waals surface area contributed by atoms with Gasteiger partial charge in [0.2, 0.25) is 0 Å². The molecule has 8 heteroatoms. The number of rotatable bonds is 7. The smallest absolute Gasteiger partial charge is 0.277 e. The van der Waals surface area contributed by atoms with Gasteiger partial charge in [0.05, 0.1) is 10.8 Å². The molecule has 5 nitrogen and oxygen atoms in total. The summed E-state index contributed by atoms with van der Waals surface area (Å²) in [5.74, 6) is 0.998. The predicted molar refractivity (Wildman–Crippen MR) is 106 cm³/mol. The molecule has 0 radical (unpaired) electrons. The fourth-order valence-electron chi connectivity index (χ4n) is 2.42. The van der Waals surface area contributed by atoms with E-state index in [4.69, 9.17) is 32.4 Å². The van der Waals surface area contributed by atoms with E-state index in [1.165, 1.54) is 11.8 Å². The van der Waals surface area contributed by atoms with E-state index in [2.05, 4.69) is 10.2 Å². The maximum atomic E-state index is 12.4. The van der Waals surface area contributed by atoms with Crippen LogP contribution in [0, 0.1) is 13.8 Å². The largest absolute Gasteiger partial charge is 0.482 e. The third-order valence-corrected chi connectivity index (χ3v) is 5.05. The van der Waals surface area contributed by atoms with Crippen molar-refractivity contribution in [2.75, 3.05) is 5.75 Å². The first-order chi connectivity index (χ1) is 12.9. The lowest BCUT2D eigenvalue weighted by Gasteiger charge is -2.05. The molecule has 3 rings (SSSR count). The highest BCUT2D eigenvalue weighted by atomic mass is 35.5. The molecule has 3 aromatic rings. The van der Waals surface area contributed by atoms with Gasteiger partial charge in [-0.3, -0.25) is 4.79 Å². The molecule has 27 heavy (non-hydrogen) atoms. The first kappa shape index (κ1) is 19.7. The Kier molecular flexibility index (Phi) is 6.42. The van der Waals surface area contributed by atoms with E-state index >= 15 is 0 Å². The molecule has 0 fully saturated rings. The number of carbonyl (C=O) groups is 1. The second-order valence-corrected chi connectivity index (χ2v) is 7.63. The van der Waals surface area contributed by atoms with E-state index in [9.17, 15) is 4.79 Å². The summed E-state index contributed by atoms with van der Waals surface area (Å²) in [5.41, 5.74) is 2.78. The van der Waals surface area contributed by atoms with E-state index in [1.807, 2.05) is 32.0 Å². The molecule has 0 unspecified atom stereocenters. The summed E-state index contributed by atoms with van der Waals surface area (Å²) in [6.07, 6.45) is 0. The molecule has 1 heterocycles. The van der Waals surface area contributed by atoms with E-state index in [0.717, 1.165) is 11.1 Å². The van der Waals surface area contributed by atoms with Gasteiger partial charge in [-0.2, -0.15) is 0 Å². The second kappa shape index (κ2) is 8.78. The van der Waals surface area contributed by atoms with Crippen LogP contribution in [0.4, 0.5) is 0 Å². The van der Waals surface area contributed by atoms with Gasteiger partial charge in [-0.1, -0.05) is 58.7 Å². The Morgan fingerprint density at radius 2 is 1.96 bits per heavy atom. The summed E-state index contributed by atoms with van der Waals surface area (Å²) < 4.78 is 11.0. The number of carbonyl (C=O) groups excluding carboxylic acids is 1. The van der Waals surface area contributed by atoms with Crippen molar-refractivity contribution in [3.63, 3.8) is 0 Å². The van der Waals surface area contributed by atoms with Crippen LogP contribution < -0.4 is 4.74 Å². The normalized spacial score (nSPS) is 10.8. The van der Waals surface area contributed by atoms with Gasteiger partial charge in [-0.25, -0.2) is 0 Å². The molecule has 0 amide bonds. The lowest BCUT2D eigenvalue weighted by atomic mass is 10.0. The molecule has 0 N–H and O–H groups in total. The number of Topliss-reactive ketones (excluding diaryl/α,β-unsaturated/α-hetero) is 1. The summed E-state index contributed by atoms with van der Waals surface area (Å²) in [5, 5.41) is 9.08. The van der Waals surface area contributed by atoms with Crippen molar-refractivity contribution in [3.8, 4) is 5.75 Å². The van der Waals surface area contributed by atoms with Crippen molar-refractivity contribution in [2.45, 2.75) is 25.7 Å². The molecule has 2 aromatic carbocycles. The fraction of sp³-hybridized carbons (Fsp3) is 0.211. The molecule has 0 aliphatic heterocycles. The average Bonchev–Trinajstić information content (AvgIpc) is 3.07. The molecule has 140 valence electrons. The van der Waals surface area contributed by atoms with E-state index in [1.54, 1.807) is 18.2 Å². The number of thioether (sulfide) groups is 1. The Balaban J connectivity index is 1.55. The van der Waals surface area contributed by atoms with Gasteiger partial charge >= 0.3 is 0 Å². The minimum Gasteiger partial charge on any atom is -0.482 e. The van der Waals surface area contributed by atoms with Crippen molar-refractivity contribution in [1.82, 2.24) is 10.2 Å². The van der Waals surface area contributed by atoms with Crippen LogP contribution in [0.5, 0.6) is 5.75 Å². The van der Waals surface area contributed by atoms with Crippen LogP contribution >= 0.6 is 35.0 Å². The molecule has 0 spiro atoms. The van der Waals surface area contributed by atoms with Gasteiger partial charge in [0, 0.05) is 10.6 Å². The zero-order valence-electron chi connectivity index (χ0n) is 14.7. The molecule has 1 aromatic heterocycles. The van der Waals surface area contributed by atoms with Crippen molar-refractivity contribution in [2.24, 2.45) is 0 Å². The first-order valence-electron chi connectivity index (χ1n) is 8.06. The Hall–Kier alpha value is -2.02. The summed E-state index contributed by atoms with van der Waals surface area (Å²) in [7, 11) is 0. The zero-order valence-corrected chi connectivity index (χ0v) is 17.0. The Bertz CT molecular complexity index is 975. The molecule has 0 saturated heterocycles. The number of aromatic nitrogens is 2. The van der Waals surface area contributed by atoms with Crippen molar-refractivity contribution in [1.29, 1.82) is 0 Å². The zero-order chi connectivity index (χ0) is 19.4. The minimum atomic E-state index is 0.0152. The highest BCUT2D eigenvalue weighted by molar-refractivity contribution is 7.99. The highest BCUT2D eigenvalue weighted by Crippen LogP contribution is 2.28. The molecular formula is C19H16Cl2N2O3S. The molecular weight excluding hydrogens is 407 g/mol. The van der Waals surface area contributed by atoms with Crippen LogP contribution in [0.3, 0.4) is 0 Å². The molecule has 0 bridgehead atoms. The number of benzene rings is 2. The van der Waals surface area contributed by atoms with E-state index < -0.39 is 0 Å². The molecule has 0 aliphatic carbocycles. The van der Waals surface area contributed by atoms with Crippen LogP contribution in [-0.4, -0.2) is 21.7 Å². The Labute approximate surface area is 171 Å². The first-order valence-corrected chi connectivity index (χ1v) is 9.80. The SMILES string of the molecule is Cc1ccc(C(=O)CSc2nnc(COc3ccc(Cl)cc3Cl)o2)c(C)c1. The van der Waals surface area contributed by atoms with E-state index in [-0.39, 0.29) is 18.1 Å². The Morgan fingerprint density at radius 3 is 2.70 bits per heavy atom. The highest BCUT2D eigenvalue weighted by Gasteiger charge is 2.14. The van der Waals surface area contributed by atoms with Crippen molar-refractivity contribution >= 4 is 40.7 Å². The summed E-state index contributed by atoms with van der Waals surface area (Å²) in [6, 6.07) is 10.7. The average molecular weight is 423 g/mol. The van der Waals surface area contributed by atoms with Gasteiger partial charge < -0.3 is 9.15 Å². The summed E-state index contributed by atoms with van der Waals surface area (Å²) in [6.45, 7) is 3.99. The Morgan fingerprint density at radius 1 is 1.15 bits per heavy atom. The van der Waals surface area contributed by atoms with Crippen LogP contribution in [0.1, 0.15) is 27.4 Å². The van der Waals surface area contributed by atoms with Gasteiger partial charge in [-0.15, -0.1) is 10.2 Å². The third kappa shape index (κ3) is 5.25. The lowest BCUT2D eigenvalue weighted by molar-refractivity contribution is 0.102. The number of ketones is 1. The number of ether oxygens (including phenoxy) is 1. The maximum Gasteiger partial charge on any atom is 0.277 e. The van der Waals surface area contributed by atoms with Gasteiger partial charge in [0.1, 0.15) is 5.75 Å². The van der Waals surface area contributed by atoms with Crippen LogP contribution in [0.2, 0.25) is 10.0 Å². The summed E-state index contributed by atoms with van der Waals surface area (Å²) in [4.78, 5) is 12.4. The second-order valence-electron chi connectivity index (χ2n) is 5.86. The molecule has 0 saturated carbocycles. The lowest BCUT2D eigenvalue weighted by Crippen LogP contribution is -2.04. The topological polar surface area (TPSA) is 65.2 Å². The standard InChI is InChI=1S/C19H16Cl2N2O3S/c1-11-3-5-14(12(2)7-11)16(24)10-27-19-23-22-18(26-19)9-25-17-6-4-13(20)8-15(17)21/h3-8H,9-10H2,1-2H3. The number of hydrogen-bond acceptors (Lipinski definition) is 6. The predicted octanol–water partition coefficient (Wildman–Crippen LogP) is 5.55. The number of nitrogens with zero attached hydrogens (tertiary/aromatic N) is 2. The minimum absolute atomic E-state index is 0.0152. The quantitative estimate of drug-likeness (QED) is 0.367. The molecule has 0 atom stereocenters. The van der Waals surface area contributed by atoms with Gasteiger partial charge in [-0.05, 0) is 37.6 Å². The van der Waals surface area contributed by atoms with Crippen LogP contribution in [0.25, 0.3) is 0 Å². The van der Waals surface area contributed by atoms with E-state index in [0.29, 0.717) is 32.5 Å². The van der Waals surface area contributed by atoms with Gasteiger partial charge in [0.15, 0.2) is 12.4 Å². The van der Waals surface area contributed by atoms with Crippen LogP contribution in [-0.2, 0) is 6.61 Å². The monoisotopic (exact) mass is 422 g/mol. The molecule has 0 aliphatic rings. The summed E-state index contributed by atoms with van der Waals surface area (Å²) >= 11 is 13.1. The number of hydrogen-bond donors (Lipinski definition) is 0. The number of aryl methyl sites for hydroxylation is 2. The fourth-order valence-corrected chi connectivity index (χ4v) is 3.54. The van der Waals surface area contributed by atoms with Crippen LogP contribution in [0.15, 0.2) is 46.0 Å². The third-order valence-electron chi connectivity index (χ3n) is 3.70. The maximum absolute atomic E-state index is 12.4. The van der Waals surface area contributed by atoms with Crippen molar-refractivity contribution < 1.29 is 13.9 Å². The van der Waals surface area contributed by atoms with Gasteiger partial charge in [0.25, 0.3) is 11.1 Å².